The zero-order chi connectivity index (χ0) is 24.2. The van der Waals surface area contributed by atoms with Gasteiger partial charge in [-0.3, -0.25) is 9.59 Å². The number of carbonyl (C=O) groups excluding carboxylic acids is 2. The lowest BCUT2D eigenvalue weighted by Gasteiger charge is -2.41. The SMILES string of the molecule is COc1ccc([C@H]2[C@@H](C(=O)Nc3ccc(F)c(Cl)c3)CCC(=O)N2c2ccc(OC)cc2)cc1. The van der Waals surface area contributed by atoms with Crippen molar-refractivity contribution in [3.8, 4) is 11.5 Å². The Bertz CT molecular complexity index is 1180. The number of halogens is 2. The second-order valence-corrected chi connectivity index (χ2v) is 8.35. The third kappa shape index (κ3) is 4.84. The van der Waals surface area contributed by atoms with Gasteiger partial charge in [0.1, 0.15) is 17.3 Å². The van der Waals surface area contributed by atoms with Crippen molar-refractivity contribution in [2.24, 2.45) is 5.92 Å². The molecule has 3 aromatic carbocycles. The van der Waals surface area contributed by atoms with Crippen LogP contribution in [0.5, 0.6) is 11.5 Å². The number of ether oxygens (including phenoxy) is 2. The number of piperidine rings is 1. The molecule has 0 aromatic heterocycles. The van der Waals surface area contributed by atoms with Crippen molar-refractivity contribution in [2.75, 3.05) is 24.4 Å². The molecule has 0 bridgehead atoms. The van der Waals surface area contributed by atoms with Crippen molar-refractivity contribution in [1.29, 1.82) is 0 Å². The molecule has 1 N–H and O–H groups in total. The molecule has 0 radical (unpaired) electrons. The molecule has 1 saturated heterocycles. The quantitative estimate of drug-likeness (QED) is 0.495. The minimum atomic E-state index is -0.565. The number of amides is 2. The summed E-state index contributed by atoms with van der Waals surface area (Å²) in [4.78, 5) is 28.2. The van der Waals surface area contributed by atoms with Gasteiger partial charge in [0.2, 0.25) is 11.8 Å². The van der Waals surface area contributed by atoms with Crippen LogP contribution in [0.1, 0.15) is 24.4 Å². The van der Waals surface area contributed by atoms with Crippen molar-refractivity contribution < 1.29 is 23.5 Å². The first-order valence-corrected chi connectivity index (χ1v) is 11.1. The van der Waals surface area contributed by atoms with E-state index in [1.54, 1.807) is 55.5 Å². The second kappa shape index (κ2) is 10.1. The lowest BCUT2D eigenvalue weighted by Crippen LogP contribution is -2.46. The highest BCUT2D eigenvalue weighted by Gasteiger charge is 2.41. The second-order valence-electron chi connectivity index (χ2n) is 7.94. The standard InChI is InChI=1S/C26H24ClFN2O4/c1-33-19-8-3-16(4-9-19)25-21(26(32)29-17-5-13-23(28)22(27)15-17)12-14-24(31)30(25)18-6-10-20(34-2)11-7-18/h3-11,13,15,21,25H,12,14H2,1-2H3,(H,29,32)/t21-,25-/m0/s1. The van der Waals surface area contributed by atoms with E-state index in [9.17, 15) is 14.0 Å². The zero-order valence-corrected chi connectivity index (χ0v) is 19.5. The van der Waals surface area contributed by atoms with E-state index in [1.807, 2.05) is 12.1 Å². The van der Waals surface area contributed by atoms with Gasteiger partial charge >= 0.3 is 0 Å². The number of nitrogens with zero attached hydrogens (tertiary/aromatic N) is 1. The molecular formula is C26H24ClFN2O4. The summed E-state index contributed by atoms with van der Waals surface area (Å²) in [7, 11) is 3.15. The Morgan fingerprint density at radius 1 is 1.00 bits per heavy atom. The molecule has 6 nitrogen and oxygen atoms in total. The molecule has 176 valence electrons. The van der Waals surface area contributed by atoms with Crippen molar-refractivity contribution >= 4 is 34.8 Å². The monoisotopic (exact) mass is 482 g/mol. The van der Waals surface area contributed by atoms with Gasteiger partial charge in [-0.15, -0.1) is 0 Å². The van der Waals surface area contributed by atoms with Crippen molar-refractivity contribution in [1.82, 2.24) is 0 Å². The number of methoxy groups -OCH3 is 2. The van der Waals surface area contributed by atoms with Gasteiger partial charge in [-0.25, -0.2) is 4.39 Å². The Hall–Kier alpha value is -3.58. The fourth-order valence-electron chi connectivity index (χ4n) is 4.21. The Morgan fingerprint density at radius 3 is 2.21 bits per heavy atom. The molecule has 1 heterocycles. The largest absolute Gasteiger partial charge is 0.497 e. The van der Waals surface area contributed by atoms with Gasteiger partial charge < -0.3 is 19.7 Å². The summed E-state index contributed by atoms with van der Waals surface area (Å²) in [5, 5.41) is 2.75. The van der Waals surface area contributed by atoms with Crippen LogP contribution in [0.15, 0.2) is 66.7 Å². The van der Waals surface area contributed by atoms with Crippen molar-refractivity contribution in [3.05, 3.63) is 83.1 Å². The third-order valence-corrected chi connectivity index (χ3v) is 6.22. The van der Waals surface area contributed by atoms with E-state index in [2.05, 4.69) is 5.32 Å². The minimum absolute atomic E-state index is 0.0804. The molecule has 0 unspecified atom stereocenters. The molecular weight excluding hydrogens is 459 g/mol. The molecule has 2 atom stereocenters. The maximum Gasteiger partial charge on any atom is 0.229 e. The van der Waals surface area contributed by atoms with Gasteiger partial charge in [0, 0.05) is 17.8 Å². The van der Waals surface area contributed by atoms with Crippen LogP contribution in [0.3, 0.4) is 0 Å². The number of benzene rings is 3. The molecule has 0 spiro atoms. The van der Waals surface area contributed by atoms with E-state index >= 15 is 0 Å². The summed E-state index contributed by atoms with van der Waals surface area (Å²) in [5.74, 6) is -0.156. The summed E-state index contributed by atoms with van der Waals surface area (Å²) < 4.78 is 24.1. The van der Waals surface area contributed by atoms with Gasteiger partial charge in [0.05, 0.1) is 31.2 Å². The average Bonchev–Trinajstić information content (AvgIpc) is 2.86. The first kappa shape index (κ1) is 23.6. The Morgan fingerprint density at radius 2 is 1.62 bits per heavy atom. The lowest BCUT2D eigenvalue weighted by atomic mass is 9.83. The van der Waals surface area contributed by atoms with Crippen LogP contribution >= 0.6 is 11.6 Å². The highest BCUT2D eigenvalue weighted by atomic mass is 35.5. The Kier molecular flexibility index (Phi) is 7.03. The van der Waals surface area contributed by atoms with Crippen LogP contribution in [0.25, 0.3) is 0 Å². The Labute approximate surface area is 202 Å². The summed E-state index contributed by atoms with van der Waals surface area (Å²) in [5.41, 5.74) is 1.84. The van der Waals surface area contributed by atoms with Gasteiger partial charge in [0.25, 0.3) is 0 Å². The van der Waals surface area contributed by atoms with Crippen LogP contribution in [0.4, 0.5) is 15.8 Å². The lowest BCUT2D eigenvalue weighted by molar-refractivity contribution is -0.125. The third-order valence-electron chi connectivity index (χ3n) is 5.93. The maximum absolute atomic E-state index is 13.6. The smallest absolute Gasteiger partial charge is 0.229 e. The normalized spacial score (nSPS) is 17.9. The maximum atomic E-state index is 13.6. The molecule has 0 saturated carbocycles. The van der Waals surface area contributed by atoms with E-state index in [0.29, 0.717) is 29.3 Å². The van der Waals surface area contributed by atoms with Crippen molar-refractivity contribution in [3.63, 3.8) is 0 Å². The summed E-state index contributed by atoms with van der Waals surface area (Å²) in [6.07, 6.45) is 0.573. The van der Waals surface area contributed by atoms with Crippen LogP contribution in [0, 0.1) is 11.7 Å². The van der Waals surface area contributed by atoms with Crippen molar-refractivity contribution in [2.45, 2.75) is 18.9 Å². The number of rotatable bonds is 6. The molecule has 1 aliphatic heterocycles. The van der Waals surface area contributed by atoms with Gasteiger partial charge in [-0.1, -0.05) is 23.7 Å². The number of nitrogens with one attached hydrogen (secondary N) is 1. The first-order chi connectivity index (χ1) is 16.4. The van der Waals surface area contributed by atoms with Crippen LogP contribution < -0.4 is 19.7 Å². The average molecular weight is 483 g/mol. The van der Waals surface area contributed by atoms with E-state index in [-0.39, 0.29) is 23.3 Å². The fourth-order valence-corrected chi connectivity index (χ4v) is 4.39. The molecule has 1 aliphatic rings. The first-order valence-electron chi connectivity index (χ1n) is 10.8. The zero-order valence-electron chi connectivity index (χ0n) is 18.8. The van der Waals surface area contributed by atoms with Crippen LogP contribution in [-0.2, 0) is 9.59 Å². The molecule has 4 rings (SSSR count). The Balaban J connectivity index is 1.72. The number of hydrogen-bond acceptors (Lipinski definition) is 4. The van der Waals surface area contributed by atoms with E-state index in [4.69, 9.17) is 21.1 Å². The number of hydrogen-bond donors (Lipinski definition) is 1. The summed E-state index contributed by atoms with van der Waals surface area (Å²) >= 11 is 5.88. The van der Waals surface area contributed by atoms with Crippen LogP contribution in [0.2, 0.25) is 5.02 Å². The number of anilines is 2. The van der Waals surface area contributed by atoms with E-state index in [1.165, 1.54) is 18.2 Å². The molecule has 34 heavy (non-hydrogen) atoms. The summed E-state index contributed by atoms with van der Waals surface area (Å²) in [6, 6.07) is 17.9. The number of carbonyl (C=O) groups is 2. The molecule has 2 amide bonds. The molecule has 0 aliphatic carbocycles. The van der Waals surface area contributed by atoms with Crippen LogP contribution in [-0.4, -0.2) is 26.0 Å². The van der Waals surface area contributed by atoms with Gasteiger partial charge in [0.15, 0.2) is 0 Å². The van der Waals surface area contributed by atoms with E-state index in [0.717, 1.165) is 5.56 Å². The van der Waals surface area contributed by atoms with Gasteiger partial charge in [-0.05, 0) is 66.6 Å². The topological polar surface area (TPSA) is 67.9 Å². The fraction of sp³-hybridized carbons (Fsp3) is 0.231. The van der Waals surface area contributed by atoms with E-state index < -0.39 is 17.8 Å². The minimum Gasteiger partial charge on any atom is -0.497 e. The molecule has 1 fully saturated rings. The summed E-state index contributed by atoms with van der Waals surface area (Å²) in [6.45, 7) is 0. The molecule has 3 aromatic rings. The van der Waals surface area contributed by atoms with Gasteiger partial charge in [-0.2, -0.15) is 0 Å². The predicted octanol–water partition coefficient (Wildman–Crippen LogP) is 5.62. The highest BCUT2D eigenvalue weighted by Crippen LogP contribution is 2.41. The highest BCUT2D eigenvalue weighted by molar-refractivity contribution is 6.31. The molecule has 8 heteroatoms. The predicted molar refractivity (Wildman–Crippen MR) is 129 cm³/mol.